The molecule has 0 spiro atoms. The molecule has 34 heavy (non-hydrogen) atoms. The number of ketones is 1. The zero-order chi connectivity index (χ0) is 24.0. The monoisotopic (exact) mass is 477 g/mol. The molecule has 0 saturated carbocycles. The molecule has 6 nitrogen and oxygen atoms in total. The normalized spacial score (nSPS) is 12.9. The van der Waals surface area contributed by atoms with E-state index < -0.39 is 34.8 Å². The summed E-state index contributed by atoms with van der Waals surface area (Å²) in [6.45, 7) is -0.177. The van der Waals surface area contributed by atoms with Gasteiger partial charge in [0, 0.05) is 23.0 Å². The molecule has 0 N–H and O–H groups in total. The van der Waals surface area contributed by atoms with E-state index in [2.05, 4.69) is 4.98 Å². The summed E-state index contributed by atoms with van der Waals surface area (Å²) in [5.41, 5.74) is 0.0401. The minimum absolute atomic E-state index is 0.0712. The van der Waals surface area contributed by atoms with Crippen molar-refractivity contribution in [3.63, 3.8) is 0 Å². The van der Waals surface area contributed by atoms with Crippen molar-refractivity contribution in [2.45, 2.75) is 6.54 Å². The van der Waals surface area contributed by atoms with Gasteiger partial charge in [0.05, 0.1) is 28.9 Å². The van der Waals surface area contributed by atoms with Gasteiger partial charge in [0.15, 0.2) is 0 Å². The van der Waals surface area contributed by atoms with Crippen LogP contribution in [-0.4, -0.2) is 32.0 Å². The van der Waals surface area contributed by atoms with Crippen LogP contribution in [-0.2, 0) is 6.54 Å². The van der Waals surface area contributed by atoms with Gasteiger partial charge < -0.3 is 4.57 Å². The van der Waals surface area contributed by atoms with Crippen LogP contribution in [0, 0.1) is 11.6 Å². The molecule has 2 amide bonds. The number of nitrogens with zero attached hydrogens (tertiary/aromatic N) is 3. The smallest absolute Gasteiger partial charge is 0.261 e. The van der Waals surface area contributed by atoms with Gasteiger partial charge in [-0.25, -0.2) is 13.8 Å². The lowest BCUT2D eigenvalue weighted by atomic mass is 10.0. The fraction of sp³-hybridized carbons (Fsp3) is 0.0400. The van der Waals surface area contributed by atoms with Crippen LogP contribution < -0.4 is 0 Å². The maximum Gasteiger partial charge on any atom is 0.261 e. The van der Waals surface area contributed by atoms with E-state index in [0.717, 1.165) is 23.1 Å². The first-order valence-corrected chi connectivity index (χ1v) is 10.5. The van der Waals surface area contributed by atoms with E-state index in [1.807, 2.05) is 0 Å². The number of aromatic nitrogens is 2. The summed E-state index contributed by atoms with van der Waals surface area (Å²) >= 11 is 6.09. The largest absolute Gasteiger partial charge is 0.302 e. The number of amides is 2. The molecule has 1 aromatic heterocycles. The molecule has 5 rings (SSSR count). The molecule has 0 radical (unpaired) electrons. The van der Waals surface area contributed by atoms with Crippen LogP contribution in [0.4, 0.5) is 8.78 Å². The van der Waals surface area contributed by atoms with Gasteiger partial charge in [0.25, 0.3) is 11.8 Å². The highest BCUT2D eigenvalue weighted by Gasteiger charge is 2.36. The van der Waals surface area contributed by atoms with Crippen molar-refractivity contribution in [1.82, 2.24) is 14.5 Å². The van der Waals surface area contributed by atoms with Crippen LogP contribution in [0.2, 0.25) is 5.02 Å². The number of carbonyl (C=O) groups is 3. The average molecular weight is 478 g/mol. The minimum atomic E-state index is -1.01. The summed E-state index contributed by atoms with van der Waals surface area (Å²) in [6.07, 6.45) is 2.95. The van der Waals surface area contributed by atoms with E-state index in [4.69, 9.17) is 11.6 Å². The summed E-state index contributed by atoms with van der Waals surface area (Å²) in [4.78, 5) is 44.0. The first kappa shape index (κ1) is 21.7. The molecule has 1 aliphatic heterocycles. The number of hydrogen-bond acceptors (Lipinski definition) is 4. The Kier molecular flexibility index (Phi) is 5.30. The topological polar surface area (TPSA) is 72.3 Å². The SMILES string of the molecule is O=C(c1cc(Cl)ccc1-n1ccnc1CN1C(=O)c2ccccc2C1=O)c1c(F)cccc1F. The Bertz CT molecular complexity index is 1440. The van der Waals surface area contributed by atoms with Gasteiger partial charge in [-0.2, -0.15) is 0 Å². The molecule has 3 aromatic carbocycles. The minimum Gasteiger partial charge on any atom is -0.302 e. The Morgan fingerprint density at radius 1 is 0.912 bits per heavy atom. The van der Waals surface area contributed by atoms with Crippen molar-refractivity contribution in [3.05, 3.63) is 118 Å². The zero-order valence-corrected chi connectivity index (χ0v) is 18.1. The summed E-state index contributed by atoms with van der Waals surface area (Å²) in [7, 11) is 0. The van der Waals surface area contributed by atoms with Crippen molar-refractivity contribution in [2.75, 3.05) is 0 Å². The van der Waals surface area contributed by atoms with E-state index in [1.165, 1.54) is 35.2 Å². The molecule has 2 heterocycles. The van der Waals surface area contributed by atoms with E-state index in [9.17, 15) is 23.2 Å². The van der Waals surface area contributed by atoms with Gasteiger partial charge in [0.2, 0.25) is 5.78 Å². The van der Waals surface area contributed by atoms with Crippen molar-refractivity contribution in [1.29, 1.82) is 0 Å². The Morgan fingerprint density at radius 3 is 2.21 bits per heavy atom. The highest BCUT2D eigenvalue weighted by molar-refractivity contribution is 6.31. The molecule has 0 bridgehead atoms. The summed E-state index contributed by atoms with van der Waals surface area (Å²) in [5.74, 6) is -3.58. The maximum atomic E-state index is 14.3. The van der Waals surface area contributed by atoms with Gasteiger partial charge in [-0.15, -0.1) is 0 Å². The second-order valence-electron chi connectivity index (χ2n) is 7.54. The first-order chi connectivity index (χ1) is 16.4. The Balaban J connectivity index is 1.56. The lowest BCUT2D eigenvalue weighted by molar-refractivity contribution is 0.0637. The van der Waals surface area contributed by atoms with E-state index >= 15 is 0 Å². The van der Waals surface area contributed by atoms with E-state index in [-0.39, 0.29) is 28.6 Å². The highest BCUT2D eigenvalue weighted by Crippen LogP contribution is 2.28. The molecule has 0 atom stereocenters. The van der Waals surface area contributed by atoms with Gasteiger partial charge in [-0.1, -0.05) is 29.8 Å². The summed E-state index contributed by atoms with van der Waals surface area (Å²) in [6, 6.07) is 13.9. The molecular formula is C25H14ClF2N3O3. The van der Waals surface area contributed by atoms with Crippen LogP contribution >= 0.6 is 11.6 Å². The Hall–Kier alpha value is -4.17. The number of benzene rings is 3. The predicted molar refractivity (Wildman–Crippen MR) is 119 cm³/mol. The predicted octanol–water partition coefficient (Wildman–Crippen LogP) is 4.83. The number of imide groups is 1. The number of hydrogen-bond donors (Lipinski definition) is 0. The lowest BCUT2D eigenvalue weighted by Crippen LogP contribution is -2.30. The molecule has 168 valence electrons. The lowest BCUT2D eigenvalue weighted by Gasteiger charge is -2.17. The molecule has 0 saturated heterocycles. The molecule has 0 fully saturated rings. The van der Waals surface area contributed by atoms with Gasteiger partial charge in [-0.3, -0.25) is 19.3 Å². The van der Waals surface area contributed by atoms with Crippen molar-refractivity contribution >= 4 is 29.2 Å². The van der Waals surface area contributed by atoms with Crippen molar-refractivity contribution in [2.24, 2.45) is 0 Å². The Morgan fingerprint density at radius 2 is 1.56 bits per heavy atom. The first-order valence-electron chi connectivity index (χ1n) is 10.1. The summed E-state index contributed by atoms with van der Waals surface area (Å²) < 4.78 is 30.1. The van der Waals surface area contributed by atoms with Gasteiger partial charge in [0.1, 0.15) is 17.5 Å². The summed E-state index contributed by atoms with van der Waals surface area (Å²) in [5, 5.41) is 0.186. The van der Waals surface area contributed by atoms with E-state index in [1.54, 1.807) is 24.3 Å². The zero-order valence-electron chi connectivity index (χ0n) is 17.3. The number of imidazole rings is 1. The third-order valence-corrected chi connectivity index (χ3v) is 5.78. The van der Waals surface area contributed by atoms with Crippen LogP contribution in [0.25, 0.3) is 5.69 Å². The Labute approximate surface area is 197 Å². The molecule has 0 unspecified atom stereocenters. The molecule has 0 aliphatic carbocycles. The highest BCUT2D eigenvalue weighted by atomic mass is 35.5. The third-order valence-electron chi connectivity index (χ3n) is 5.55. The van der Waals surface area contributed by atoms with Gasteiger partial charge in [-0.05, 0) is 42.5 Å². The molecular weight excluding hydrogens is 464 g/mol. The van der Waals surface area contributed by atoms with Crippen LogP contribution in [0.5, 0.6) is 0 Å². The number of rotatable bonds is 5. The average Bonchev–Trinajstić information content (AvgIpc) is 3.38. The van der Waals surface area contributed by atoms with Crippen LogP contribution in [0.3, 0.4) is 0 Å². The number of carbonyl (C=O) groups excluding carboxylic acids is 3. The number of fused-ring (bicyclic) bond motifs is 1. The maximum absolute atomic E-state index is 14.3. The van der Waals surface area contributed by atoms with Gasteiger partial charge >= 0.3 is 0 Å². The van der Waals surface area contributed by atoms with E-state index in [0.29, 0.717) is 11.1 Å². The molecule has 9 heteroatoms. The molecule has 4 aromatic rings. The standard InChI is InChI=1S/C25H14ClF2N3O3/c26-14-8-9-20(17(12-14)23(32)22-18(27)6-3-7-19(22)28)30-11-10-29-21(30)13-31-24(33)15-4-1-2-5-16(15)25(31)34/h1-12H,13H2. The fourth-order valence-corrected chi connectivity index (χ4v) is 4.12. The number of halogens is 3. The second-order valence-corrected chi connectivity index (χ2v) is 7.98. The quantitative estimate of drug-likeness (QED) is 0.305. The fourth-order valence-electron chi connectivity index (χ4n) is 3.94. The van der Waals surface area contributed by atoms with Crippen molar-refractivity contribution < 1.29 is 23.2 Å². The molecule has 1 aliphatic rings. The second kappa shape index (κ2) is 8.31. The van der Waals surface area contributed by atoms with Crippen molar-refractivity contribution in [3.8, 4) is 5.69 Å². The van der Waals surface area contributed by atoms with Crippen LogP contribution in [0.15, 0.2) is 73.1 Å². The third kappa shape index (κ3) is 3.48. The van der Waals surface area contributed by atoms with Crippen LogP contribution in [0.1, 0.15) is 42.5 Å².